The molecule has 2 fully saturated rings. The van der Waals surface area contributed by atoms with Crippen LogP contribution in [0.5, 0.6) is 11.5 Å². The third kappa shape index (κ3) is 7.18. The second-order valence-electron chi connectivity index (χ2n) is 14.4. The van der Waals surface area contributed by atoms with E-state index >= 15 is 0 Å². The molecule has 1 aliphatic carbocycles. The molecule has 2 aromatic carbocycles. The molecule has 50 heavy (non-hydrogen) atoms. The first-order chi connectivity index (χ1) is 23.9. The number of rotatable bonds is 6. The van der Waals surface area contributed by atoms with Gasteiger partial charge in [0.1, 0.15) is 35.2 Å². The minimum absolute atomic E-state index is 0.0930. The van der Waals surface area contributed by atoms with E-state index < -0.39 is 41.0 Å². The summed E-state index contributed by atoms with van der Waals surface area (Å²) in [6, 6.07) is 15.3. The Morgan fingerprint density at radius 3 is 2.58 bits per heavy atom. The van der Waals surface area contributed by atoms with Gasteiger partial charge in [-0.1, -0.05) is 63.3 Å². The lowest BCUT2D eigenvalue weighted by Gasteiger charge is -2.35. The maximum atomic E-state index is 14.5. The van der Waals surface area contributed by atoms with Crippen LogP contribution in [0.1, 0.15) is 59.8 Å². The number of carbonyl (C=O) groups excluding carboxylic acids is 4. The van der Waals surface area contributed by atoms with Gasteiger partial charge in [-0.05, 0) is 43.7 Å². The van der Waals surface area contributed by atoms with E-state index in [4.69, 9.17) is 19.2 Å². The molecule has 6 rings (SSSR count). The summed E-state index contributed by atoms with van der Waals surface area (Å²) in [6.07, 6.45) is 5.30. The Kier molecular flexibility index (Phi) is 9.87. The number of aromatic nitrogens is 1. The fourth-order valence-electron chi connectivity index (χ4n) is 6.91. The molecular formula is C39H46N4O7. The zero-order valence-corrected chi connectivity index (χ0v) is 29.4. The predicted molar refractivity (Wildman–Crippen MR) is 188 cm³/mol. The van der Waals surface area contributed by atoms with Gasteiger partial charge >= 0.3 is 5.97 Å². The summed E-state index contributed by atoms with van der Waals surface area (Å²) in [5.74, 6) is -0.613. The predicted octanol–water partition coefficient (Wildman–Crippen LogP) is 4.97. The lowest BCUT2D eigenvalue weighted by molar-refractivity contribution is -0.150. The Bertz CT molecular complexity index is 1800. The van der Waals surface area contributed by atoms with Gasteiger partial charge in [0.2, 0.25) is 17.7 Å². The average Bonchev–Trinajstić information content (AvgIpc) is 3.62. The molecule has 264 valence electrons. The normalized spacial score (nSPS) is 25.8. The van der Waals surface area contributed by atoms with Crippen LogP contribution in [0, 0.1) is 11.3 Å². The Balaban J connectivity index is 1.37. The van der Waals surface area contributed by atoms with Crippen LogP contribution in [0.2, 0.25) is 0 Å². The summed E-state index contributed by atoms with van der Waals surface area (Å²) in [5.41, 5.74) is 0.403. The molecule has 3 heterocycles. The molecule has 0 radical (unpaired) electrons. The highest BCUT2D eigenvalue weighted by Gasteiger charge is 2.62. The minimum atomic E-state index is -1.21. The van der Waals surface area contributed by atoms with Gasteiger partial charge in [0, 0.05) is 41.8 Å². The van der Waals surface area contributed by atoms with Crippen molar-refractivity contribution in [2.75, 3.05) is 20.3 Å². The van der Waals surface area contributed by atoms with Crippen LogP contribution in [0.4, 0.5) is 0 Å². The van der Waals surface area contributed by atoms with Crippen LogP contribution in [0.25, 0.3) is 22.2 Å². The van der Waals surface area contributed by atoms with Crippen molar-refractivity contribution in [2.24, 2.45) is 11.3 Å². The molecule has 0 spiro atoms. The zero-order valence-electron chi connectivity index (χ0n) is 29.4. The highest BCUT2D eigenvalue weighted by molar-refractivity contribution is 5.97. The van der Waals surface area contributed by atoms with Crippen molar-refractivity contribution in [3.8, 4) is 22.8 Å². The maximum absolute atomic E-state index is 14.5. The van der Waals surface area contributed by atoms with E-state index in [1.165, 1.54) is 4.90 Å². The summed E-state index contributed by atoms with van der Waals surface area (Å²) in [5, 5.41) is 6.73. The SMILES string of the molecule is CCOC(=O)[C@@]12C[C@@H]1C=CCCCC(=O)N[C@@H](C(C)(C)C)C(=O)N1C[C@H](Oc3cc(-c4ccccc4)nc4cc(OC)ccc34)CC1C(=O)N2. The van der Waals surface area contributed by atoms with Crippen molar-refractivity contribution >= 4 is 34.6 Å². The van der Waals surface area contributed by atoms with E-state index in [1.54, 1.807) is 14.0 Å². The molecule has 11 heteroatoms. The highest BCUT2D eigenvalue weighted by Crippen LogP contribution is 2.46. The lowest BCUT2D eigenvalue weighted by Crippen LogP contribution is -2.59. The Labute approximate surface area is 292 Å². The van der Waals surface area contributed by atoms with Gasteiger partial charge in [-0.25, -0.2) is 9.78 Å². The number of allylic oxidation sites excluding steroid dienone is 1. The van der Waals surface area contributed by atoms with Crippen LogP contribution in [-0.2, 0) is 23.9 Å². The molecule has 3 aliphatic rings. The first-order valence-electron chi connectivity index (χ1n) is 17.4. The van der Waals surface area contributed by atoms with Gasteiger partial charge < -0.3 is 29.7 Å². The number of nitrogens with one attached hydrogen (secondary N) is 2. The van der Waals surface area contributed by atoms with Gasteiger partial charge in [0.15, 0.2) is 0 Å². The number of nitrogens with zero attached hydrogens (tertiary/aromatic N) is 2. The van der Waals surface area contributed by atoms with Gasteiger partial charge in [-0.15, -0.1) is 0 Å². The topological polar surface area (TPSA) is 136 Å². The molecule has 11 nitrogen and oxygen atoms in total. The summed E-state index contributed by atoms with van der Waals surface area (Å²) in [7, 11) is 1.60. The van der Waals surface area contributed by atoms with Crippen molar-refractivity contribution in [3.05, 3.63) is 66.7 Å². The second-order valence-corrected chi connectivity index (χ2v) is 14.4. The van der Waals surface area contributed by atoms with Crippen LogP contribution in [0.3, 0.4) is 0 Å². The molecule has 2 aliphatic heterocycles. The summed E-state index contributed by atoms with van der Waals surface area (Å²) < 4.78 is 17.6. The third-order valence-electron chi connectivity index (χ3n) is 9.75. The number of esters is 1. The molecule has 1 unspecified atom stereocenters. The van der Waals surface area contributed by atoms with E-state index in [2.05, 4.69) is 10.6 Å². The monoisotopic (exact) mass is 682 g/mol. The number of amides is 3. The number of ether oxygens (including phenoxy) is 3. The van der Waals surface area contributed by atoms with E-state index in [0.29, 0.717) is 42.0 Å². The van der Waals surface area contributed by atoms with Crippen LogP contribution in [-0.4, -0.2) is 77.6 Å². The minimum Gasteiger partial charge on any atom is -0.497 e. The summed E-state index contributed by atoms with van der Waals surface area (Å²) in [6.45, 7) is 7.66. The number of hydrogen-bond acceptors (Lipinski definition) is 8. The molecule has 1 saturated heterocycles. The Morgan fingerprint density at radius 1 is 1.08 bits per heavy atom. The Morgan fingerprint density at radius 2 is 1.86 bits per heavy atom. The molecule has 3 aromatic rings. The van der Waals surface area contributed by atoms with Crippen LogP contribution >= 0.6 is 0 Å². The van der Waals surface area contributed by atoms with Crippen LogP contribution in [0.15, 0.2) is 66.7 Å². The first kappa shape index (κ1) is 34.9. The second kappa shape index (κ2) is 14.1. The first-order valence-corrected chi connectivity index (χ1v) is 17.4. The van der Waals surface area contributed by atoms with Gasteiger partial charge in [0.05, 0.1) is 31.5 Å². The molecule has 0 bridgehead atoms. The van der Waals surface area contributed by atoms with E-state index in [0.717, 1.165) is 10.9 Å². The fourth-order valence-corrected chi connectivity index (χ4v) is 6.91. The molecule has 2 N–H and O–H groups in total. The van der Waals surface area contributed by atoms with E-state index in [-0.39, 0.29) is 43.7 Å². The average molecular weight is 683 g/mol. The summed E-state index contributed by atoms with van der Waals surface area (Å²) in [4.78, 5) is 61.5. The molecule has 5 atom stereocenters. The molecule has 3 amide bonds. The van der Waals surface area contributed by atoms with Crippen molar-refractivity contribution in [2.45, 2.75) is 83.5 Å². The van der Waals surface area contributed by atoms with E-state index in [1.807, 2.05) is 87.5 Å². The Hall–Kier alpha value is -4.93. The standard InChI is InChI=1S/C39H46N4O7/c1-6-49-37(47)39-22-25(39)15-11-8-12-16-33(44)41-34(38(2,3)4)36(46)43-23-27(20-31(43)35(45)42-39)50-32-21-29(24-13-9-7-10-14-24)40-30-19-26(48-5)17-18-28(30)32/h7,9-11,13-15,17-19,21,25,27,31,34H,6,8,12,16,20,22-23H2,1-5H3,(H,41,44)(H,42,45)/t25-,27+,31?,34+,39+/m0/s1. The van der Waals surface area contributed by atoms with Gasteiger partial charge in [-0.3, -0.25) is 14.4 Å². The lowest BCUT2D eigenvalue weighted by atomic mass is 9.85. The number of hydrogen-bond donors (Lipinski definition) is 2. The van der Waals surface area contributed by atoms with Crippen molar-refractivity contribution < 1.29 is 33.4 Å². The highest BCUT2D eigenvalue weighted by atomic mass is 16.5. The van der Waals surface area contributed by atoms with E-state index in [9.17, 15) is 19.2 Å². The van der Waals surface area contributed by atoms with Crippen molar-refractivity contribution in [1.29, 1.82) is 0 Å². The molecule has 1 saturated carbocycles. The van der Waals surface area contributed by atoms with Gasteiger partial charge in [-0.2, -0.15) is 0 Å². The largest absolute Gasteiger partial charge is 0.497 e. The number of methoxy groups -OCH3 is 1. The van der Waals surface area contributed by atoms with Crippen LogP contribution < -0.4 is 20.1 Å². The number of fused-ring (bicyclic) bond motifs is 3. The maximum Gasteiger partial charge on any atom is 0.332 e. The third-order valence-corrected chi connectivity index (χ3v) is 9.75. The molecular weight excluding hydrogens is 636 g/mol. The zero-order chi connectivity index (χ0) is 35.6. The van der Waals surface area contributed by atoms with Gasteiger partial charge in [0.25, 0.3) is 0 Å². The summed E-state index contributed by atoms with van der Waals surface area (Å²) >= 11 is 0. The fraction of sp³-hybridized carbons (Fsp3) is 0.462. The van der Waals surface area contributed by atoms with Crippen molar-refractivity contribution in [1.82, 2.24) is 20.5 Å². The number of pyridine rings is 1. The number of benzene rings is 2. The van der Waals surface area contributed by atoms with Crippen molar-refractivity contribution in [3.63, 3.8) is 0 Å². The smallest absolute Gasteiger partial charge is 0.332 e. The molecule has 1 aromatic heterocycles. The number of carbonyl (C=O) groups is 4. The quantitative estimate of drug-likeness (QED) is 0.275.